The number of nitrogen functional groups attached to an aromatic ring is 1. The molecule has 0 saturated carbocycles. The van der Waals surface area contributed by atoms with Crippen molar-refractivity contribution in [1.29, 1.82) is 0 Å². The second-order valence-electron chi connectivity index (χ2n) is 4.71. The Morgan fingerprint density at radius 2 is 1.52 bits per heavy atom. The molecule has 1 amide bonds. The Balaban J connectivity index is 1.74. The minimum absolute atomic E-state index is 0.140. The van der Waals surface area contributed by atoms with Gasteiger partial charge in [-0.25, -0.2) is 0 Å². The van der Waals surface area contributed by atoms with Gasteiger partial charge in [0.1, 0.15) is 0 Å². The summed E-state index contributed by atoms with van der Waals surface area (Å²) in [6.07, 6.45) is 3.92. The highest BCUT2D eigenvalue weighted by molar-refractivity contribution is 6.04. The number of hydrogen-bond acceptors (Lipinski definition) is 2. The molecule has 0 radical (unpaired) electrons. The summed E-state index contributed by atoms with van der Waals surface area (Å²) in [5, 5.41) is 2.84. The Morgan fingerprint density at radius 1 is 0.905 bits per heavy atom. The Kier molecular flexibility index (Phi) is 3.43. The molecule has 0 aliphatic carbocycles. The monoisotopic (exact) mass is 277 g/mol. The van der Waals surface area contributed by atoms with Crippen molar-refractivity contribution < 1.29 is 4.79 Å². The fourth-order valence-corrected chi connectivity index (χ4v) is 2.06. The van der Waals surface area contributed by atoms with E-state index in [-0.39, 0.29) is 5.91 Å². The molecule has 0 fully saturated rings. The average Bonchev–Trinajstić information content (AvgIpc) is 3.04. The zero-order valence-corrected chi connectivity index (χ0v) is 11.4. The van der Waals surface area contributed by atoms with Gasteiger partial charge in [0.05, 0.1) is 0 Å². The molecule has 4 heteroatoms. The van der Waals surface area contributed by atoms with Crippen molar-refractivity contribution in [3.8, 4) is 5.69 Å². The van der Waals surface area contributed by atoms with E-state index >= 15 is 0 Å². The van der Waals surface area contributed by atoms with E-state index < -0.39 is 0 Å². The molecule has 3 rings (SSSR count). The predicted octanol–water partition coefficient (Wildman–Crippen LogP) is 3.31. The number of nitrogens with zero attached hydrogens (tertiary/aromatic N) is 1. The Hall–Kier alpha value is -3.01. The number of hydrogen-bond donors (Lipinski definition) is 2. The SMILES string of the molecule is Nc1ccc(NC(=O)c2ccc(-n3cccc3)cc2)cc1. The molecule has 3 aromatic rings. The van der Waals surface area contributed by atoms with Crippen molar-refractivity contribution in [2.45, 2.75) is 0 Å². The molecule has 0 unspecified atom stereocenters. The Morgan fingerprint density at radius 3 is 2.14 bits per heavy atom. The van der Waals surface area contributed by atoms with Crippen LogP contribution in [0, 0.1) is 0 Å². The van der Waals surface area contributed by atoms with Gasteiger partial charge in [0.2, 0.25) is 0 Å². The molecule has 21 heavy (non-hydrogen) atoms. The molecule has 1 heterocycles. The van der Waals surface area contributed by atoms with Gasteiger partial charge < -0.3 is 15.6 Å². The third kappa shape index (κ3) is 2.95. The van der Waals surface area contributed by atoms with Gasteiger partial charge in [-0.2, -0.15) is 0 Å². The van der Waals surface area contributed by atoms with Crippen LogP contribution < -0.4 is 11.1 Å². The van der Waals surface area contributed by atoms with Crippen molar-refractivity contribution in [3.05, 3.63) is 78.6 Å². The summed E-state index contributed by atoms with van der Waals surface area (Å²) < 4.78 is 1.99. The zero-order valence-electron chi connectivity index (χ0n) is 11.4. The first-order chi connectivity index (χ1) is 10.2. The van der Waals surface area contributed by atoms with Gasteiger partial charge in [0.25, 0.3) is 5.91 Å². The minimum atomic E-state index is -0.140. The van der Waals surface area contributed by atoms with Gasteiger partial charge in [-0.15, -0.1) is 0 Å². The molecule has 0 atom stereocenters. The van der Waals surface area contributed by atoms with Gasteiger partial charge in [-0.05, 0) is 60.7 Å². The van der Waals surface area contributed by atoms with E-state index in [1.165, 1.54) is 0 Å². The number of benzene rings is 2. The van der Waals surface area contributed by atoms with Crippen molar-refractivity contribution in [1.82, 2.24) is 4.57 Å². The number of anilines is 2. The standard InChI is InChI=1S/C17H15N3O/c18-14-5-7-15(8-6-14)19-17(21)13-3-9-16(10-4-13)20-11-1-2-12-20/h1-12H,18H2,(H,19,21). The lowest BCUT2D eigenvalue weighted by Crippen LogP contribution is -2.11. The van der Waals surface area contributed by atoms with Crippen LogP contribution in [0.2, 0.25) is 0 Å². The summed E-state index contributed by atoms with van der Waals surface area (Å²) in [7, 11) is 0. The van der Waals surface area contributed by atoms with E-state index in [0.29, 0.717) is 11.3 Å². The topological polar surface area (TPSA) is 60.0 Å². The second-order valence-corrected chi connectivity index (χ2v) is 4.71. The lowest BCUT2D eigenvalue weighted by atomic mass is 10.2. The van der Waals surface area contributed by atoms with E-state index in [2.05, 4.69) is 5.32 Å². The first-order valence-corrected chi connectivity index (χ1v) is 6.63. The molecule has 0 saturated heterocycles. The Bertz CT molecular complexity index is 729. The summed E-state index contributed by atoms with van der Waals surface area (Å²) in [6, 6.07) is 18.4. The molecule has 0 spiro atoms. The lowest BCUT2D eigenvalue weighted by Gasteiger charge is -2.07. The van der Waals surface area contributed by atoms with Gasteiger partial charge >= 0.3 is 0 Å². The summed E-state index contributed by atoms with van der Waals surface area (Å²) in [5.41, 5.74) is 8.64. The second kappa shape index (κ2) is 5.54. The van der Waals surface area contributed by atoms with Gasteiger partial charge in [-0.1, -0.05) is 0 Å². The maximum atomic E-state index is 12.1. The van der Waals surface area contributed by atoms with Crippen molar-refractivity contribution in [2.75, 3.05) is 11.1 Å². The molecule has 2 aromatic carbocycles. The lowest BCUT2D eigenvalue weighted by molar-refractivity contribution is 0.102. The first-order valence-electron chi connectivity index (χ1n) is 6.63. The normalized spacial score (nSPS) is 10.3. The highest BCUT2D eigenvalue weighted by Gasteiger charge is 2.06. The molecule has 0 bridgehead atoms. The number of nitrogens with two attached hydrogens (primary N) is 1. The van der Waals surface area contributed by atoms with Crippen LogP contribution >= 0.6 is 0 Å². The third-order valence-corrected chi connectivity index (χ3v) is 3.20. The van der Waals surface area contributed by atoms with Crippen LogP contribution in [0.4, 0.5) is 11.4 Å². The number of nitrogens with one attached hydrogen (secondary N) is 1. The van der Waals surface area contributed by atoms with Crippen molar-refractivity contribution >= 4 is 17.3 Å². The van der Waals surface area contributed by atoms with Crippen LogP contribution in [0.15, 0.2) is 73.1 Å². The third-order valence-electron chi connectivity index (χ3n) is 3.20. The largest absolute Gasteiger partial charge is 0.399 e. The zero-order chi connectivity index (χ0) is 14.7. The minimum Gasteiger partial charge on any atom is -0.399 e. The van der Waals surface area contributed by atoms with E-state index in [1.807, 2.05) is 53.4 Å². The van der Waals surface area contributed by atoms with E-state index in [4.69, 9.17) is 5.73 Å². The molecule has 104 valence electrons. The van der Waals surface area contributed by atoms with Crippen LogP contribution in [-0.4, -0.2) is 10.5 Å². The van der Waals surface area contributed by atoms with Gasteiger partial charge in [-0.3, -0.25) is 4.79 Å². The van der Waals surface area contributed by atoms with Crippen LogP contribution in [-0.2, 0) is 0 Å². The number of rotatable bonds is 3. The number of carbonyl (C=O) groups excluding carboxylic acids is 1. The maximum Gasteiger partial charge on any atom is 0.255 e. The Labute approximate surface area is 122 Å². The quantitative estimate of drug-likeness (QED) is 0.721. The van der Waals surface area contributed by atoms with Crippen LogP contribution in [0.1, 0.15) is 10.4 Å². The summed E-state index contributed by atoms with van der Waals surface area (Å²) >= 11 is 0. The fourth-order valence-electron chi connectivity index (χ4n) is 2.06. The van der Waals surface area contributed by atoms with Crippen molar-refractivity contribution in [3.63, 3.8) is 0 Å². The molecule has 3 N–H and O–H groups in total. The smallest absolute Gasteiger partial charge is 0.255 e. The summed E-state index contributed by atoms with van der Waals surface area (Å²) in [6.45, 7) is 0. The van der Waals surface area contributed by atoms with E-state index in [0.717, 1.165) is 11.4 Å². The summed E-state index contributed by atoms with van der Waals surface area (Å²) in [5.74, 6) is -0.140. The predicted molar refractivity (Wildman–Crippen MR) is 84.6 cm³/mol. The number of carbonyl (C=O) groups is 1. The number of amides is 1. The highest BCUT2D eigenvalue weighted by atomic mass is 16.1. The maximum absolute atomic E-state index is 12.1. The highest BCUT2D eigenvalue weighted by Crippen LogP contribution is 2.14. The van der Waals surface area contributed by atoms with E-state index in [9.17, 15) is 4.79 Å². The van der Waals surface area contributed by atoms with Gasteiger partial charge in [0.15, 0.2) is 0 Å². The summed E-state index contributed by atoms with van der Waals surface area (Å²) in [4.78, 5) is 12.1. The molecule has 0 aliphatic heterocycles. The molecular formula is C17H15N3O. The molecule has 0 aliphatic rings. The van der Waals surface area contributed by atoms with Crippen LogP contribution in [0.5, 0.6) is 0 Å². The van der Waals surface area contributed by atoms with Crippen LogP contribution in [0.25, 0.3) is 5.69 Å². The molecule has 4 nitrogen and oxygen atoms in total. The molecule has 1 aromatic heterocycles. The molecular weight excluding hydrogens is 262 g/mol. The van der Waals surface area contributed by atoms with E-state index in [1.54, 1.807) is 24.3 Å². The fraction of sp³-hybridized carbons (Fsp3) is 0. The van der Waals surface area contributed by atoms with Crippen LogP contribution in [0.3, 0.4) is 0 Å². The van der Waals surface area contributed by atoms with Crippen molar-refractivity contribution in [2.24, 2.45) is 0 Å². The first kappa shape index (κ1) is 13.0. The number of aromatic nitrogens is 1. The average molecular weight is 277 g/mol. The van der Waals surface area contributed by atoms with Gasteiger partial charge in [0, 0.05) is 35.0 Å².